The molecule has 0 saturated carbocycles. The van der Waals surface area contributed by atoms with Crippen molar-refractivity contribution < 1.29 is 8.95 Å². The number of rotatable bonds is 2. The van der Waals surface area contributed by atoms with Crippen LogP contribution >= 0.6 is 0 Å². The molecule has 0 bridgehead atoms. The van der Waals surface area contributed by atoms with E-state index in [4.69, 9.17) is 4.74 Å². The molecule has 0 N–H and O–H groups in total. The van der Waals surface area contributed by atoms with Crippen LogP contribution < -0.4 is 0 Å². The average molecular weight is 191 g/mol. The summed E-state index contributed by atoms with van der Waals surface area (Å²) in [5.74, 6) is 3.79. The topological polar surface area (TPSA) is 29.5 Å². The van der Waals surface area contributed by atoms with Gasteiger partial charge in [-0.2, -0.15) is 0 Å². The van der Waals surface area contributed by atoms with Gasteiger partial charge in [0.05, 0.1) is 13.2 Å². The summed E-state index contributed by atoms with van der Waals surface area (Å²) in [5.41, 5.74) is 0. The third-order valence-corrected chi connectivity index (χ3v) is 4.86. The Kier molecular flexibility index (Phi) is 3.15. The van der Waals surface area contributed by atoms with Crippen molar-refractivity contribution >= 4 is 15.6 Å². The summed E-state index contributed by atoms with van der Waals surface area (Å²) in [7, 11) is -2.05. The fourth-order valence-corrected chi connectivity index (χ4v) is 2.52. The van der Waals surface area contributed by atoms with Crippen LogP contribution in [-0.2, 0) is 14.4 Å². The van der Waals surface area contributed by atoms with Crippen LogP contribution in [0.2, 0.25) is 0 Å². The minimum atomic E-state index is -2.05. The van der Waals surface area contributed by atoms with Crippen LogP contribution in [0, 0.1) is 0 Å². The number of ether oxygens (including phenoxy) is 1. The lowest BCUT2D eigenvalue weighted by atomic mass is 10.5. The molecule has 12 heavy (non-hydrogen) atoms. The zero-order chi connectivity index (χ0) is 9.19. The van der Waals surface area contributed by atoms with E-state index in [1.54, 1.807) is 0 Å². The Morgan fingerprint density at radius 3 is 2.33 bits per heavy atom. The van der Waals surface area contributed by atoms with Gasteiger partial charge in [-0.05, 0) is 5.87 Å². The summed E-state index contributed by atoms with van der Waals surface area (Å²) < 4.78 is 19.1. The molecule has 0 spiro atoms. The van der Waals surface area contributed by atoms with Crippen molar-refractivity contribution in [3.05, 3.63) is 0 Å². The third-order valence-electron chi connectivity index (χ3n) is 2.14. The van der Waals surface area contributed by atoms with E-state index in [2.05, 4.69) is 5.87 Å². The van der Waals surface area contributed by atoms with Crippen LogP contribution in [0.25, 0.3) is 0 Å². The molecule has 72 valence electrons. The van der Waals surface area contributed by atoms with Crippen molar-refractivity contribution in [3.63, 3.8) is 0 Å². The first-order chi connectivity index (χ1) is 5.55. The molecule has 1 rings (SSSR count). The van der Waals surface area contributed by atoms with Gasteiger partial charge in [-0.3, -0.25) is 4.21 Å². The zero-order valence-electron chi connectivity index (χ0n) is 7.78. The summed E-state index contributed by atoms with van der Waals surface area (Å²) in [6.07, 6.45) is 0. The maximum atomic E-state index is 12.0. The van der Waals surface area contributed by atoms with Crippen molar-refractivity contribution in [3.8, 4) is 0 Å². The average Bonchev–Trinajstić information content (AvgIpc) is 2.06. The maximum absolute atomic E-state index is 12.0. The summed E-state index contributed by atoms with van der Waals surface area (Å²) in [6.45, 7) is 6.76. The van der Waals surface area contributed by atoms with Crippen LogP contribution in [0.4, 0.5) is 0 Å². The Morgan fingerprint density at radius 2 is 1.92 bits per heavy atom. The molecule has 0 aromatic heterocycles. The smallest absolute Gasteiger partial charge is 0.0604 e. The maximum Gasteiger partial charge on any atom is 0.0604 e. The molecule has 1 fully saturated rings. The summed E-state index contributed by atoms with van der Waals surface area (Å²) in [5, 5.41) is 0.121. The molecule has 0 aromatic rings. The van der Waals surface area contributed by atoms with Gasteiger partial charge in [0.1, 0.15) is 0 Å². The van der Waals surface area contributed by atoms with Crippen LogP contribution in [0.15, 0.2) is 0 Å². The Balaban J connectivity index is 2.67. The number of hydrogen-bond acceptors (Lipinski definition) is 2. The van der Waals surface area contributed by atoms with Gasteiger partial charge in [-0.15, -0.1) is 0 Å². The summed E-state index contributed by atoms with van der Waals surface area (Å²) >= 11 is 0. The molecule has 1 aliphatic rings. The lowest BCUT2D eigenvalue weighted by molar-refractivity contribution is 0.0747. The SMILES string of the molecule is C=S(=O)(C(C)C)N1CCOCC1. The Labute approximate surface area is 74.8 Å². The van der Waals surface area contributed by atoms with Gasteiger partial charge in [0.15, 0.2) is 0 Å². The fraction of sp³-hybridized carbons (Fsp3) is 0.875. The monoisotopic (exact) mass is 191 g/mol. The van der Waals surface area contributed by atoms with Gasteiger partial charge in [-0.25, -0.2) is 4.31 Å². The minimum Gasteiger partial charge on any atom is -0.379 e. The van der Waals surface area contributed by atoms with Crippen molar-refractivity contribution in [2.75, 3.05) is 26.3 Å². The van der Waals surface area contributed by atoms with Crippen molar-refractivity contribution in [2.24, 2.45) is 0 Å². The van der Waals surface area contributed by atoms with Crippen molar-refractivity contribution in [2.45, 2.75) is 19.1 Å². The van der Waals surface area contributed by atoms with Crippen LogP contribution in [0.1, 0.15) is 13.8 Å². The molecule has 1 aliphatic heterocycles. The Hall–Kier alpha value is -0.0600. The van der Waals surface area contributed by atoms with Crippen LogP contribution in [0.3, 0.4) is 0 Å². The number of morpholine rings is 1. The molecule has 1 heterocycles. The van der Waals surface area contributed by atoms with Gasteiger partial charge < -0.3 is 4.74 Å². The van der Waals surface area contributed by atoms with E-state index in [1.165, 1.54) is 0 Å². The molecule has 0 aliphatic carbocycles. The van der Waals surface area contributed by atoms with E-state index in [0.29, 0.717) is 13.2 Å². The molecular weight excluding hydrogens is 174 g/mol. The van der Waals surface area contributed by atoms with Crippen LogP contribution in [-0.4, -0.2) is 45.9 Å². The minimum absolute atomic E-state index is 0.121. The molecule has 3 nitrogen and oxygen atoms in total. The Bertz CT molecular complexity index is 227. The zero-order valence-corrected chi connectivity index (χ0v) is 8.60. The normalized spacial score (nSPS) is 25.6. The van der Waals surface area contributed by atoms with E-state index >= 15 is 0 Å². The number of hydrogen-bond donors (Lipinski definition) is 0. The molecule has 0 radical (unpaired) electrons. The van der Waals surface area contributed by atoms with Crippen LogP contribution in [0.5, 0.6) is 0 Å². The van der Waals surface area contributed by atoms with E-state index < -0.39 is 9.71 Å². The second-order valence-electron chi connectivity index (χ2n) is 3.28. The van der Waals surface area contributed by atoms with E-state index in [-0.39, 0.29) is 5.25 Å². The highest BCUT2D eigenvalue weighted by atomic mass is 32.2. The van der Waals surface area contributed by atoms with Crippen molar-refractivity contribution in [1.29, 1.82) is 0 Å². The predicted molar refractivity (Wildman–Crippen MR) is 52.8 cm³/mol. The van der Waals surface area contributed by atoms with Gasteiger partial charge in [0.25, 0.3) is 0 Å². The second kappa shape index (κ2) is 3.77. The third kappa shape index (κ3) is 2.00. The lowest BCUT2D eigenvalue weighted by Gasteiger charge is -2.31. The molecule has 0 aromatic carbocycles. The second-order valence-corrected chi connectivity index (χ2v) is 6.12. The summed E-state index contributed by atoms with van der Waals surface area (Å²) in [4.78, 5) is 0. The van der Waals surface area contributed by atoms with E-state index in [0.717, 1.165) is 13.1 Å². The summed E-state index contributed by atoms with van der Waals surface area (Å²) in [6, 6.07) is 0. The number of nitrogens with zero attached hydrogens (tertiary/aromatic N) is 1. The first-order valence-electron chi connectivity index (χ1n) is 4.24. The molecular formula is C8H17NO2S. The van der Waals surface area contributed by atoms with Gasteiger partial charge in [0.2, 0.25) is 0 Å². The molecule has 1 unspecified atom stereocenters. The Morgan fingerprint density at radius 1 is 1.42 bits per heavy atom. The van der Waals surface area contributed by atoms with E-state index in [9.17, 15) is 4.21 Å². The highest BCUT2D eigenvalue weighted by Crippen LogP contribution is 2.10. The van der Waals surface area contributed by atoms with E-state index in [1.807, 2.05) is 18.2 Å². The van der Waals surface area contributed by atoms with Crippen molar-refractivity contribution in [1.82, 2.24) is 4.31 Å². The van der Waals surface area contributed by atoms with Gasteiger partial charge in [0, 0.05) is 28.0 Å². The van der Waals surface area contributed by atoms with Gasteiger partial charge >= 0.3 is 0 Å². The first-order valence-corrected chi connectivity index (χ1v) is 5.99. The van der Waals surface area contributed by atoms with Gasteiger partial charge in [-0.1, -0.05) is 13.8 Å². The fourth-order valence-electron chi connectivity index (χ4n) is 1.15. The highest BCUT2D eigenvalue weighted by molar-refractivity contribution is 7.98. The standard InChI is InChI=1S/C8H17NO2S/c1-8(2)12(3,10)9-4-6-11-7-5-9/h8H,3-7H2,1-2H3. The highest BCUT2D eigenvalue weighted by Gasteiger charge is 2.21. The predicted octanol–water partition coefficient (Wildman–Crippen LogP) is 0.358. The molecule has 1 saturated heterocycles. The largest absolute Gasteiger partial charge is 0.379 e. The lowest BCUT2D eigenvalue weighted by Crippen LogP contribution is -2.43. The quantitative estimate of drug-likeness (QED) is 0.590. The first kappa shape index (κ1) is 10.0. The molecule has 0 amide bonds. The molecule has 4 heteroatoms. The molecule has 1 atom stereocenters.